The number of carbonyl (C=O) groups excluding carboxylic acids is 2. The third kappa shape index (κ3) is 5.87. The van der Waals surface area contributed by atoms with E-state index in [0.29, 0.717) is 16.8 Å². The van der Waals surface area contributed by atoms with E-state index < -0.39 is 6.04 Å². The molecule has 1 atom stereocenters. The summed E-state index contributed by atoms with van der Waals surface area (Å²) in [4.78, 5) is 30.2. The quantitative estimate of drug-likeness (QED) is 0.547. The van der Waals surface area contributed by atoms with Gasteiger partial charge in [0.2, 0.25) is 0 Å². The van der Waals surface area contributed by atoms with Crippen molar-refractivity contribution >= 4 is 23.2 Å². The van der Waals surface area contributed by atoms with Gasteiger partial charge in [0.25, 0.3) is 11.8 Å². The van der Waals surface area contributed by atoms with Gasteiger partial charge >= 0.3 is 0 Å². The van der Waals surface area contributed by atoms with Crippen LogP contribution in [0.1, 0.15) is 44.8 Å². The fourth-order valence-electron chi connectivity index (χ4n) is 4.25. The van der Waals surface area contributed by atoms with Crippen molar-refractivity contribution in [3.8, 4) is 0 Å². The number of aryl methyl sites for hydroxylation is 1. The Balaban J connectivity index is 1.51. The molecule has 1 aliphatic heterocycles. The molecule has 3 aromatic rings. The maximum absolute atomic E-state index is 14.2. The summed E-state index contributed by atoms with van der Waals surface area (Å²) >= 11 is 0. The second-order valence-electron chi connectivity index (χ2n) is 9.04. The number of benzene rings is 3. The largest absolute Gasteiger partial charge is 0.369 e. The van der Waals surface area contributed by atoms with Crippen LogP contribution in [0.15, 0.2) is 66.7 Å². The average Bonchev–Trinajstić information content (AvgIpc) is 2.86. The van der Waals surface area contributed by atoms with Gasteiger partial charge in [0, 0.05) is 54.2 Å². The summed E-state index contributed by atoms with van der Waals surface area (Å²) in [6, 6.07) is 18.5. The minimum Gasteiger partial charge on any atom is -0.369 e. The molecule has 0 aromatic heterocycles. The summed E-state index contributed by atoms with van der Waals surface area (Å²) < 4.78 is 14.2. The van der Waals surface area contributed by atoms with Crippen LogP contribution in [-0.2, 0) is 0 Å². The highest BCUT2D eigenvalue weighted by atomic mass is 19.1. The number of rotatable bonds is 6. The Bertz CT molecular complexity index is 1210. The van der Waals surface area contributed by atoms with Crippen molar-refractivity contribution in [1.82, 2.24) is 10.2 Å². The van der Waals surface area contributed by atoms with Crippen LogP contribution in [0.4, 0.5) is 15.8 Å². The van der Waals surface area contributed by atoms with Gasteiger partial charge in [-0.3, -0.25) is 9.59 Å². The Labute approximate surface area is 205 Å². The topological polar surface area (TPSA) is 64.7 Å². The Morgan fingerprint density at radius 2 is 1.60 bits per heavy atom. The van der Waals surface area contributed by atoms with Crippen LogP contribution in [0.2, 0.25) is 0 Å². The van der Waals surface area contributed by atoms with Gasteiger partial charge in [-0.2, -0.15) is 0 Å². The lowest BCUT2D eigenvalue weighted by molar-refractivity contribution is 0.0938. The molecule has 35 heavy (non-hydrogen) atoms. The fraction of sp³-hybridized carbons (Fsp3) is 0.286. The molecule has 1 unspecified atom stereocenters. The molecule has 0 saturated carbocycles. The fourth-order valence-corrected chi connectivity index (χ4v) is 4.25. The zero-order valence-electron chi connectivity index (χ0n) is 20.3. The molecular weight excluding hydrogens is 443 g/mol. The summed E-state index contributed by atoms with van der Waals surface area (Å²) in [5.41, 5.74) is 4.06. The first kappa shape index (κ1) is 24.4. The van der Waals surface area contributed by atoms with Gasteiger partial charge in [-0.1, -0.05) is 24.3 Å². The van der Waals surface area contributed by atoms with Crippen LogP contribution in [0.3, 0.4) is 0 Å². The molecule has 182 valence electrons. The third-order valence-electron chi connectivity index (χ3n) is 6.43. The highest BCUT2D eigenvalue weighted by Crippen LogP contribution is 2.29. The number of amides is 2. The van der Waals surface area contributed by atoms with Crippen molar-refractivity contribution in [1.29, 1.82) is 0 Å². The summed E-state index contributed by atoms with van der Waals surface area (Å²) in [6.45, 7) is 7.28. The van der Waals surface area contributed by atoms with Crippen molar-refractivity contribution in [2.24, 2.45) is 0 Å². The zero-order chi connectivity index (χ0) is 24.9. The van der Waals surface area contributed by atoms with Crippen LogP contribution < -0.4 is 15.5 Å². The molecule has 2 N–H and O–H groups in total. The zero-order valence-corrected chi connectivity index (χ0v) is 20.3. The van der Waals surface area contributed by atoms with Crippen molar-refractivity contribution in [2.45, 2.75) is 19.9 Å². The van der Waals surface area contributed by atoms with Crippen LogP contribution in [-0.4, -0.2) is 49.9 Å². The van der Waals surface area contributed by atoms with Crippen molar-refractivity contribution in [3.63, 3.8) is 0 Å². The molecule has 1 saturated heterocycles. The van der Waals surface area contributed by atoms with Gasteiger partial charge in [0.1, 0.15) is 5.82 Å². The molecule has 1 aliphatic rings. The first-order valence-corrected chi connectivity index (χ1v) is 11.8. The molecule has 2 amide bonds. The minimum absolute atomic E-state index is 0.240. The molecule has 1 heterocycles. The second kappa shape index (κ2) is 10.7. The average molecular weight is 475 g/mol. The van der Waals surface area contributed by atoms with Gasteiger partial charge in [0.05, 0.1) is 6.04 Å². The first-order chi connectivity index (χ1) is 16.8. The first-order valence-electron chi connectivity index (χ1n) is 11.8. The lowest BCUT2D eigenvalue weighted by Crippen LogP contribution is -2.45. The number of halogens is 1. The summed E-state index contributed by atoms with van der Waals surface area (Å²) in [5, 5.41) is 5.90. The molecular formula is C28H31FN4O2. The van der Waals surface area contributed by atoms with Crippen molar-refractivity contribution < 1.29 is 14.0 Å². The van der Waals surface area contributed by atoms with E-state index in [4.69, 9.17) is 0 Å². The van der Waals surface area contributed by atoms with E-state index in [1.807, 2.05) is 19.9 Å². The number of hydrogen-bond donors (Lipinski definition) is 2. The molecule has 0 aliphatic carbocycles. The highest BCUT2D eigenvalue weighted by Gasteiger charge is 2.22. The SMILES string of the molecule is Cc1ccc(C(=O)NC(C)c2cc(F)ccc2N2CCN(C)CC2)cc1NC(=O)c1ccccc1. The number of anilines is 2. The third-order valence-corrected chi connectivity index (χ3v) is 6.43. The van der Waals surface area contributed by atoms with Gasteiger partial charge in [-0.15, -0.1) is 0 Å². The normalized spacial score (nSPS) is 14.9. The maximum atomic E-state index is 14.2. The number of carbonyl (C=O) groups is 2. The number of hydrogen-bond acceptors (Lipinski definition) is 4. The minimum atomic E-state index is -0.406. The van der Waals surface area contributed by atoms with Gasteiger partial charge in [-0.05, 0) is 68.9 Å². The van der Waals surface area contributed by atoms with Crippen LogP contribution >= 0.6 is 0 Å². The monoisotopic (exact) mass is 474 g/mol. The molecule has 1 fully saturated rings. The Morgan fingerprint density at radius 3 is 2.31 bits per heavy atom. The van der Waals surface area contributed by atoms with E-state index in [-0.39, 0.29) is 17.6 Å². The molecule has 0 spiro atoms. The maximum Gasteiger partial charge on any atom is 0.255 e. The summed E-state index contributed by atoms with van der Waals surface area (Å²) in [7, 11) is 2.09. The van der Waals surface area contributed by atoms with E-state index in [2.05, 4.69) is 27.5 Å². The number of nitrogens with one attached hydrogen (secondary N) is 2. The molecule has 0 bridgehead atoms. The van der Waals surface area contributed by atoms with E-state index in [1.165, 1.54) is 12.1 Å². The van der Waals surface area contributed by atoms with Gasteiger partial charge in [-0.25, -0.2) is 4.39 Å². The van der Waals surface area contributed by atoms with Gasteiger partial charge in [0.15, 0.2) is 0 Å². The predicted octanol–water partition coefficient (Wildman–Crippen LogP) is 4.63. The summed E-state index contributed by atoms with van der Waals surface area (Å²) in [6.07, 6.45) is 0. The van der Waals surface area contributed by atoms with Crippen molar-refractivity contribution in [3.05, 3.63) is 94.8 Å². The number of nitrogens with zero attached hydrogens (tertiary/aromatic N) is 2. The van der Waals surface area contributed by atoms with Crippen molar-refractivity contribution in [2.75, 3.05) is 43.4 Å². The predicted molar refractivity (Wildman–Crippen MR) is 138 cm³/mol. The Morgan fingerprint density at radius 1 is 0.886 bits per heavy atom. The van der Waals surface area contributed by atoms with Crippen LogP contribution in [0.25, 0.3) is 0 Å². The molecule has 3 aromatic carbocycles. The highest BCUT2D eigenvalue weighted by molar-refractivity contribution is 6.05. The molecule has 0 radical (unpaired) electrons. The van der Waals surface area contributed by atoms with E-state index in [1.54, 1.807) is 48.5 Å². The van der Waals surface area contributed by atoms with Gasteiger partial charge < -0.3 is 20.4 Å². The molecule has 7 heteroatoms. The lowest BCUT2D eigenvalue weighted by atomic mass is 10.0. The van der Waals surface area contributed by atoms with E-state index >= 15 is 0 Å². The Kier molecular flexibility index (Phi) is 7.46. The van der Waals surface area contributed by atoms with Crippen LogP contribution in [0, 0.1) is 12.7 Å². The summed E-state index contributed by atoms with van der Waals surface area (Å²) in [5.74, 6) is -0.863. The van der Waals surface area contributed by atoms with E-state index in [9.17, 15) is 14.0 Å². The molecule has 6 nitrogen and oxygen atoms in total. The lowest BCUT2D eigenvalue weighted by Gasteiger charge is -2.36. The number of piperazine rings is 1. The molecule has 4 rings (SSSR count). The number of likely N-dealkylation sites (N-methyl/N-ethyl adjacent to an activating group) is 1. The van der Waals surface area contributed by atoms with E-state index in [0.717, 1.165) is 43.0 Å². The standard InChI is InChI=1S/C28H31FN4O2/c1-19-9-10-22(17-25(19)31-27(34)21-7-5-4-6-8-21)28(35)30-20(2)24-18-23(29)11-12-26(24)33-15-13-32(3)14-16-33/h4-12,17-18,20H,13-16H2,1-3H3,(H,30,35)(H,31,34). The smallest absolute Gasteiger partial charge is 0.255 e. The second-order valence-corrected chi connectivity index (χ2v) is 9.04. The van der Waals surface area contributed by atoms with Crippen LogP contribution in [0.5, 0.6) is 0 Å². The Hall–Kier alpha value is -3.71.